The number of aromatic nitrogens is 2. The highest BCUT2D eigenvalue weighted by molar-refractivity contribution is 6.01. The third-order valence-corrected chi connectivity index (χ3v) is 5.60. The van der Waals surface area contributed by atoms with Crippen molar-refractivity contribution in [2.45, 2.75) is 31.7 Å². The Morgan fingerprint density at radius 2 is 2.04 bits per heavy atom. The first kappa shape index (κ1) is 16.2. The third-order valence-electron chi connectivity index (χ3n) is 5.60. The second-order valence-electron chi connectivity index (χ2n) is 7.55. The first-order valence-electron chi connectivity index (χ1n) is 9.24. The van der Waals surface area contributed by atoms with Gasteiger partial charge in [-0.05, 0) is 54.5 Å². The molecule has 6 nitrogen and oxygen atoms in total. The fourth-order valence-electron chi connectivity index (χ4n) is 3.73. The van der Waals surface area contributed by atoms with E-state index >= 15 is 0 Å². The molecular formula is C21H21N5O. The molecule has 2 aliphatic rings. The highest BCUT2D eigenvalue weighted by Gasteiger charge is 2.42. The Balaban J connectivity index is 1.57. The predicted octanol–water partition coefficient (Wildman–Crippen LogP) is 4.31. The van der Waals surface area contributed by atoms with Crippen molar-refractivity contribution in [1.29, 1.82) is 0 Å². The standard InChI is InChI=1S/C21H21N5O/c1-21(8-9-21)20-11-14-10-16(27-2)6-7-19(14)26(20)13-15-4-3-5-17(23-15)18-12-22-25-24-18/h3-7,10-11H,8-9,12-13H2,1-2H3. The number of nitrogens with zero attached hydrogens (tertiary/aromatic N) is 5. The molecule has 0 saturated heterocycles. The molecule has 2 aromatic heterocycles. The van der Waals surface area contributed by atoms with Crippen LogP contribution >= 0.6 is 0 Å². The molecule has 0 atom stereocenters. The summed E-state index contributed by atoms with van der Waals surface area (Å²) in [6.45, 7) is 3.58. The van der Waals surface area contributed by atoms with Crippen LogP contribution in [-0.4, -0.2) is 28.9 Å². The topological polar surface area (TPSA) is 64.1 Å². The second-order valence-corrected chi connectivity index (χ2v) is 7.55. The van der Waals surface area contributed by atoms with E-state index < -0.39 is 0 Å². The molecule has 1 saturated carbocycles. The Morgan fingerprint density at radius 3 is 2.78 bits per heavy atom. The van der Waals surface area contributed by atoms with Crippen LogP contribution in [0, 0.1) is 0 Å². The summed E-state index contributed by atoms with van der Waals surface area (Å²) >= 11 is 0. The fourth-order valence-corrected chi connectivity index (χ4v) is 3.73. The van der Waals surface area contributed by atoms with Gasteiger partial charge in [0.25, 0.3) is 0 Å². The maximum Gasteiger partial charge on any atom is 0.119 e. The van der Waals surface area contributed by atoms with Gasteiger partial charge in [0.05, 0.1) is 25.0 Å². The van der Waals surface area contributed by atoms with Crippen LogP contribution in [0.1, 0.15) is 36.8 Å². The van der Waals surface area contributed by atoms with Gasteiger partial charge >= 0.3 is 0 Å². The van der Waals surface area contributed by atoms with Gasteiger partial charge in [-0.25, -0.2) is 4.98 Å². The maximum absolute atomic E-state index is 5.41. The molecule has 27 heavy (non-hydrogen) atoms. The van der Waals surface area contributed by atoms with Crippen molar-refractivity contribution in [2.24, 2.45) is 15.4 Å². The first-order chi connectivity index (χ1) is 13.2. The van der Waals surface area contributed by atoms with Gasteiger partial charge in [0, 0.05) is 22.0 Å². The molecule has 6 heteroatoms. The Kier molecular flexibility index (Phi) is 3.60. The zero-order chi connectivity index (χ0) is 18.4. The molecule has 0 radical (unpaired) electrons. The fraction of sp³-hybridized carbons (Fsp3) is 0.333. The number of benzene rings is 1. The molecule has 0 unspecified atom stereocenters. The van der Waals surface area contributed by atoms with Gasteiger partial charge in [0.2, 0.25) is 0 Å². The molecule has 5 rings (SSSR count). The van der Waals surface area contributed by atoms with E-state index in [9.17, 15) is 0 Å². The normalized spacial score (nSPS) is 17.3. The molecule has 0 spiro atoms. The first-order valence-corrected chi connectivity index (χ1v) is 9.24. The van der Waals surface area contributed by atoms with E-state index in [0.717, 1.165) is 29.4 Å². The van der Waals surface area contributed by atoms with Crippen molar-refractivity contribution >= 4 is 16.6 Å². The Hall–Kier alpha value is -3.02. The average molecular weight is 359 g/mol. The smallest absolute Gasteiger partial charge is 0.119 e. The highest BCUT2D eigenvalue weighted by atomic mass is 16.5. The molecule has 1 fully saturated rings. The van der Waals surface area contributed by atoms with Crippen LogP contribution in [0.4, 0.5) is 0 Å². The molecule has 1 aliphatic heterocycles. The van der Waals surface area contributed by atoms with Crippen LogP contribution in [0.3, 0.4) is 0 Å². The van der Waals surface area contributed by atoms with Gasteiger partial charge in [0.1, 0.15) is 18.0 Å². The number of pyridine rings is 1. The second kappa shape index (κ2) is 6.01. The lowest BCUT2D eigenvalue weighted by atomic mass is 10.1. The van der Waals surface area contributed by atoms with E-state index in [-0.39, 0.29) is 5.41 Å². The summed E-state index contributed by atoms with van der Waals surface area (Å²) in [5, 5.41) is 12.9. The van der Waals surface area contributed by atoms with E-state index in [1.807, 2.05) is 18.2 Å². The lowest BCUT2D eigenvalue weighted by Gasteiger charge is -2.15. The van der Waals surface area contributed by atoms with E-state index in [2.05, 4.69) is 51.2 Å². The quantitative estimate of drug-likeness (QED) is 0.681. The van der Waals surface area contributed by atoms with Gasteiger partial charge < -0.3 is 9.30 Å². The van der Waals surface area contributed by atoms with Gasteiger partial charge in [-0.2, -0.15) is 5.11 Å². The monoisotopic (exact) mass is 359 g/mol. The molecule has 3 heterocycles. The zero-order valence-electron chi connectivity index (χ0n) is 15.5. The Labute approximate surface area is 157 Å². The molecule has 0 amide bonds. The van der Waals surface area contributed by atoms with Crippen LogP contribution < -0.4 is 4.74 Å². The van der Waals surface area contributed by atoms with E-state index in [1.54, 1.807) is 7.11 Å². The number of hydrogen-bond acceptors (Lipinski definition) is 5. The van der Waals surface area contributed by atoms with Crippen molar-refractivity contribution in [1.82, 2.24) is 9.55 Å². The summed E-state index contributed by atoms with van der Waals surface area (Å²) in [6, 6.07) is 14.7. The van der Waals surface area contributed by atoms with E-state index in [4.69, 9.17) is 9.72 Å². The van der Waals surface area contributed by atoms with Crippen LogP contribution in [0.15, 0.2) is 57.9 Å². The minimum atomic E-state index is 0.261. The van der Waals surface area contributed by atoms with Crippen LogP contribution in [0.5, 0.6) is 5.75 Å². The van der Waals surface area contributed by atoms with Crippen molar-refractivity contribution < 1.29 is 4.74 Å². The third kappa shape index (κ3) is 2.81. The van der Waals surface area contributed by atoms with Crippen LogP contribution in [0.25, 0.3) is 10.9 Å². The SMILES string of the molecule is COc1ccc2c(c1)cc(C1(C)CC1)n2Cc1cccc(C2=NN=NC2)n1. The zero-order valence-corrected chi connectivity index (χ0v) is 15.5. The summed E-state index contributed by atoms with van der Waals surface area (Å²) in [5.41, 5.74) is 5.55. The number of hydrogen-bond donors (Lipinski definition) is 0. The predicted molar refractivity (Wildman–Crippen MR) is 105 cm³/mol. The van der Waals surface area contributed by atoms with E-state index in [0.29, 0.717) is 6.54 Å². The van der Waals surface area contributed by atoms with Crippen LogP contribution in [0.2, 0.25) is 0 Å². The summed E-state index contributed by atoms with van der Waals surface area (Å²) in [6.07, 6.45) is 2.46. The number of ether oxygens (including phenoxy) is 1. The molecule has 3 aromatic rings. The van der Waals surface area contributed by atoms with Gasteiger partial charge in [-0.3, -0.25) is 0 Å². The minimum absolute atomic E-state index is 0.261. The lowest BCUT2D eigenvalue weighted by Crippen LogP contribution is -2.13. The van der Waals surface area contributed by atoms with Crippen molar-refractivity contribution in [3.05, 3.63) is 59.5 Å². The summed E-state index contributed by atoms with van der Waals surface area (Å²) < 4.78 is 7.81. The van der Waals surface area contributed by atoms with Gasteiger partial charge in [-0.15, -0.1) is 5.10 Å². The van der Waals surface area contributed by atoms with Crippen LogP contribution in [-0.2, 0) is 12.0 Å². The minimum Gasteiger partial charge on any atom is -0.497 e. The molecule has 1 aromatic carbocycles. The van der Waals surface area contributed by atoms with Crippen molar-refractivity contribution in [3.63, 3.8) is 0 Å². The summed E-state index contributed by atoms with van der Waals surface area (Å²) in [7, 11) is 1.71. The lowest BCUT2D eigenvalue weighted by molar-refractivity contribution is 0.415. The maximum atomic E-state index is 5.41. The molecule has 1 aliphatic carbocycles. The number of methoxy groups -OCH3 is 1. The van der Waals surface area contributed by atoms with E-state index in [1.165, 1.54) is 29.4 Å². The van der Waals surface area contributed by atoms with Gasteiger partial charge in [0.15, 0.2) is 0 Å². The van der Waals surface area contributed by atoms with Crippen molar-refractivity contribution in [2.75, 3.05) is 13.7 Å². The molecule has 0 bridgehead atoms. The van der Waals surface area contributed by atoms with Crippen molar-refractivity contribution in [3.8, 4) is 5.75 Å². The Bertz CT molecular complexity index is 1090. The summed E-state index contributed by atoms with van der Waals surface area (Å²) in [5.74, 6) is 0.888. The average Bonchev–Trinajstić information content (AvgIpc) is 3.12. The van der Waals surface area contributed by atoms with Gasteiger partial charge in [-0.1, -0.05) is 13.0 Å². The molecule has 0 N–H and O–H groups in total. The number of fused-ring (bicyclic) bond motifs is 1. The molecular weight excluding hydrogens is 338 g/mol. The highest BCUT2D eigenvalue weighted by Crippen LogP contribution is 2.49. The Morgan fingerprint density at radius 1 is 1.15 bits per heavy atom. The molecule has 136 valence electrons. The summed E-state index contributed by atoms with van der Waals surface area (Å²) in [4.78, 5) is 4.82. The largest absolute Gasteiger partial charge is 0.497 e. The number of rotatable bonds is 5.